The summed E-state index contributed by atoms with van der Waals surface area (Å²) in [5, 5.41) is 10.2. The molecule has 0 bridgehead atoms. The van der Waals surface area contributed by atoms with E-state index in [4.69, 9.17) is 28.0 Å². The number of anilines is 1. The predicted molar refractivity (Wildman–Crippen MR) is 140 cm³/mol. The summed E-state index contributed by atoms with van der Waals surface area (Å²) in [5.74, 6) is -0.973. The van der Waals surface area contributed by atoms with E-state index in [1.165, 1.54) is 29.1 Å². The van der Waals surface area contributed by atoms with Crippen molar-refractivity contribution in [2.75, 3.05) is 24.7 Å². The summed E-state index contributed by atoms with van der Waals surface area (Å²) in [6, 6.07) is 7.00. The van der Waals surface area contributed by atoms with E-state index >= 15 is 0 Å². The van der Waals surface area contributed by atoms with Crippen LogP contribution in [-0.2, 0) is 14.9 Å². The molecule has 1 aliphatic heterocycles. The number of nitrogens with one attached hydrogen (secondary N) is 2. The Balaban J connectivity index is 1.62. The van der Waals surface area contributed by atoms with Crippen molar-refractivity contribution in [1.29, 1.82) is 0 Å². The lowest BCUT2D eigenvalue weighted by Crippen LogP contribution is -2.39. The van der Waals surface area contributed by atoms with Gasteiger partial charge in [-0.05, 0) is 56.1 Å². The van der Waals surface area contributed by atoms with Crippen molar-refractivity contribution in [2.24, 2.45) is 0 Å². The van der Waals surface area contributed by atoms with Gasteiger partial charge in [0.2, 0.25) is 10.0 Å². The van der Waals surface area contributed by atoms with Crippen LogP contribution in [0.25, 0.3) is 5.82 Å². The minimum Gasteiger partial charge on any atom is -0.345 e. The molecule has 11 nitrogen and oxygen atoms in total. The van der Waals surface area contributed by atoms with Crippen LogP contribution in [0.1, 0.15) is 20.8 Å². The molecule has 16 heteroatoms. The van der Waals surface area contributed by atoms with Crippen molar-refractivity contribution in [1.82, 2.24) is 24.5 Å². The lowest BCUT2D eigenvalue weighted by molar-refractivity contribution is -0.0283. The summed E-state index contributed by atoms with van der Waals surface area (Å²) in [6.07, 6.45) is 2.51. The largest absolute Gasteiger partial charge is 0.345 e. The van der Waals surface area contributed by atoms with Crippen molar-refractivity contribution in [2.45, 2.75) is 6.04 Å². The molecule has 1 saturated heterocycles. The van der Waals surface area contributed by atoms with E-state index in [9.17, 15) is 18.0 Å². The molecule has 190 valence electrons. The fraction of sp³-hybridized carbons (Fsp3) is 0.200. The summed E-state index contributed by atoms with van der Waals surface area (Å²) in [6.45, 7) is -0.105. The zero-order valence-corrected chi connectivity index (χ0v) is 23.7. The first-order valence-electron chi connectivity index (χ1n) is 10.0. The van der Waals surface area contributed by atoms with Crippen molar-refractivity contribution >= 4 is 82.6 Å². The number of halogens is 4. The average Bonchev–Trinajstić information content (AvgIpc) is 3.42. The number of sulfonamides is 1. The molecule has 36 heavy (non-hydrogen) atoms. The molecule has 2 aromatic heterocycles. The Kier molecular flexibility index (Phi) is 8.04. The zero-order valence-electron chi connectivity index (χ0n) is 18.2. The number of pyridine rings is 1. The number of hydrogen-bond donors (Lipinski definition) is 2. The van der Waals surface area contributed by atoms with Crippen LogP contribution in [0.2, 0.25) is 10.0 Å². The highest BCUT2D eigenvalue weighted by Crippen LogP contribution is 2.32. The van der Waals surface area contributed by atoms with Crippen LogP contribution in [0.5, 0.6) is 0 Å². The zero-order chi connectivity index (χ0) is 26.2. The van der Waals surface area contributed by atoms with Crippen LogP contribution >= 0.6 is 55.1 Å². The van der Waals surface area contributed by atoms with Gasteiger partial charge in [-0.2, -0.15) is 5.10 Å². The molecule has 1 aliphatic rings. The van der Waals surface area contributed by atoms with Crippen LogP contribution in [0.4, 0.5) is 5.69 Å². The highest BCUT2D eigenvalue weighted by atomic mass is 79.9. The fourth-order valence-corrected chi connectivity index (χ4v) is 5.50. The third-order valence-electron chi connectivity index (χ3n) is 4.88. The maximum absolute atomic E-state index is 13.3. The highest BCUT2D eigenvalue weighted by Gasteiger charge is 2.32. The number of hydrogen-bond acceptors (Lipinski definition) is 7. The normalized spacial score (nSPS) is 16.2. The van der Waals surface area contributed by atoms with Crippen molar-refractivity contribution in [3.8, 4) is 5.82 Å². The molecule has 4 rings (SSSR count). The molecule has 0 aliphatic carbocycles. The Labute approximate surface area is 232 Å². The molecule has 1 unspecified atom stereocenters. The van der Waals surface area contributed by atoms with Crippen molar-refractivity contribution < 1.29 is 22.8 Å². The van der Waals surface area contributed by atoms with Crippen molar-refractivity contribution in [3.05, 3.63) is 66.9 Å². The maximum atomic E-state index is 13.3. The number of rotatable bonds is 6. The molecule has 1 aromatic carbocycles. The molecule has 2 amide bonds. The van der Waals surface area contributed by atoms with Crippen LogP contribution in [0, 0.1) is 0 Å². The Morgan fingerprint density at radius 1 is 1.19 bits per heavy atom. The molecule has 0 saturated carbocycles. The lowest BCUT2D eigenvalue weighted by Gasteiger charge is -2.16. The number of aromatic nitrogens is 3. The molecule has 0 spiro atoms. The lowest BCUT2D eigenvalue weighted by atomic mass is 10.1. The number of carbonyl (C=O) groups excluding carboxylic acids is 2. The first kappa shape index (κ1) is 27.0. The van der Waals surface area contributed by atoms with Crippen LogP contribution in [-0.4, -0.2) is 64.9 Å². The Hall–Kier alpha value is -2.07. The molecule has 0 radical (unpaired) electrons. The quantitative estimate of drug-likeness (QED) is 0.405. The molecule has 3 heterocycles. The number of nitrogens with zero attached hydrogens (tertiary/aromatic N) is 4. The van der Waals surface area contributed by atoms with E-state index in [2.05, 4.69) is 52.6 Å². The number of carbonyl (C=O) groups is 2. The third-order valence-corrected chi connectivity index (χ3v) is 7.40. The Morgan fingerprint density at radius 3 is 2.61 bits per heavy atom. The third kappa shape index (κ3) is 5.90. The van der Waals surface area contributed by atoms with Gasteiger partial charge >= 0.3 is 0 Å². The van der Waals surface area contributed by atoms with Gasteiger partial charge in [0.25, 0.3) is 11.8 Å². The number of amides is 2. The molecular weight excluding hydrogens is 667 g/mol. The van der Waals surface area contributed by atoms with Gasteiger partial charge in [-0.15, -0.1) is 0 Å². The summed E-state index contributed by atoms with van der Waals surface area (Å²) in [7, 11) is -3.58. The SMILES string of the molecule is CS(=O)(=O)N1CC(NC(=O)c2cc(Cl)cc(Br)c2NC(=O)c2cc(Br)nn2-c2ncccc2Cl)CO1. The minimum atomic E-state index is -3.58. The maximum Gasteiger partial charge on any atom is 0.274 e. The van der Waals surface area contributed by atoms with Gasteiger partial charge in [0.1, 0.15) is 10.3 Å². The van der Waals surface area contributed by atoms with Gasteiger partial charge in [0.15, 0.2) is 5.82 Å². The van der Waals surface area contributed by atoms with Crippen LogP contribution in [0.3, 0.4) is 0 Å². The molecular formula is C20H16Br2Cl2N6O5S. The number of hydroxylamine groups is 1. The number of benzene rings is 1. The smallest absolute Gasteiger partial charge is 0.274 e. The standard InChI is InChI=1S/C20H16Br2Cl2N6O5S/c1-36(33,34)29-8-11(9-35-29)26-19(31)12-5-10(23)6-13(21)17(12)27-20(32)15-7-16(22)28-30(15)18-14(24)3-2-4-25-18/h2-7,11H,8-9H2,1H3,(H,26,31)(H,27,32). The van der Waals surface area contributed by atoms with Gasteiger partial charge in [0.05, 0.1) is 41.7 Å². The van der Waals surface area contributed by atoms with Crippen LogP contribution in [0.15, 0.2) is 45.6 Å². The molecule has 1 fully saturated rings. The van der Waals surface area contributed by atoms with Gasteiger partial charge in [-0.3, -0.25) is 14.4 Å². The first-order chi connectivity index (χ1) is 16.9. The second-order valence-corrected chi connectivity index (χ2v) is 11.9. The molecule has 1 atom stereocenters. The van der Waals surface area contributed by atoms with Gasteiger partial charge < -0.3 is 10.6 Å². The van der Waals surface area contributed by atoms with E-state index in [1.54, 1.807) is 12.1 Å². The second-order valence-electron chi connectivity index (χ2n) is 7.55. The van der Waals surface area contributed by atoms with E-state index in [0.29, 0.717) is 9.08 Å². The Bertz CT molecular complexity index is 1470. The molecule has 2 N–H and O–H groups in total. The monoisotopic (exact) mass is 680 g/mol. The van der Waals surface area contributed by atoms with E-state index in [1.807, 2.05) is 0 Å². The topological polar surface area (TPSA) is 136 Å². The highest BCUT2D eigenvalue weighted by molar-refractivity contribution is 9.10. The summed E-state index contributed by atoms with van der Waals surface area (Å²) in [4.78, 5) is 35.7. The van der Waals surface area contributed by atoms with E-state index in [-0.39, 0.29) is 46.0 Å². The summed E-state index contributed by atoms with van der Waals surface area (Å²) in [5.41, 5.74) is 0.266. The van der Waals surface area contributed by atoms with Gasteiger partial charge in [0, 0.05) is 21.8 Å². The predicted octanol–water partition coefficient (Wildman–Crippen LogP) is 3.66. The molecule has 3 aromatic rings. The van der Waals surface area contributed by atoms with E-state index < -0.39 is 27.9 Å². The van der Waals surface area contributed by atoms with E-state index in [0.717, 1.165) is 10.7 Å². The first-order valence-corrected chi connectivity index (χ1v) is 14.2. The Morgan fingerprint density at radius 2 is 1.94 bits per heavy atom. The van der Waals surface area contributed by atoms with Gasteiger partial charge in [-0.1, -0.05) is 27.7 Å². The summed E-state index contributed by atoms with van der Waals surface area (Å²) < 4.78 is 26.1. The van der Waals surface area contributed by atoms with Crippen molar-refractivity contribution in [3.63, 3.8) is 0 Å². The average molecular weight is 683 g/mol. The summed E-state index contributed by atoms with van der Waals surface area (Å²) >= 11 is 19.0. The van der Waals surface area contributed by atoms with Gasteiger partial charge in [-0.25, -0.2) is 18.1 Å². The minimum absolute atomic E-state index is 0.0414. The second kappa shape index (κ2) is 10.7. The van der Waals surface area contributed by atoms with Crippen LogP contribution < -0.4 is 10.6 Å². The fourth-order valence-electron chi connectivity index (χ4n) is 3.31.